The Hall–Kier alpha value is -0.870. The van der Waals surface area contributed by atoms with Crippen LogP contribution in [-0.4, -0.2) is 4.98 Å². The first-order valence-electron chi connectivity index (χ1n) is 5.21. The van der Waals surface area contributed by atoms with Crippen LogP contribution in [0, 0.1) is 13.8 Å². The number of halogens is 2. The summed E-state index contributed by atoms with van der Waals surface area (Å²) in [5, 5.41) is 3.32. The second-order valence-corrected chi connectivity index (χ2v) is 5.70. The number of hydrogen-bond donors (Lipinski definition) is 1. The maximum absolute atomic E-state index is 4.30. The van der Waals surface area contributed by atoms with Crippen LogP contribution >= 0.6 is 31.9 Å². The first kappa shape index (κ1) is 12.6. The molecule has 0 aliphatic rings. The molecule has 0 spiro atoms. The Bertz CT molecular complexity index is 513. The van der Waals surface area contributed by atoms with Crippen molar-refractivity contribution in [2.75, 3.05) is 5.32 Å². The van der Waals surface area contributed by atoms with Crippen molar-refractivity contribution >= 4 is 43.4 Å². The summed E-state index contributed by atoms with van der Waals surface area (Å²) in [7, 11) is 0. The number of benzene rings is 1. The topological polar surface area (TPSA) is 24.9 Å². The number of rotatable bonds is 2. The lowest BCUT2D eigenvalue weighted by Gasteiger charge is -2.12. The zero-order valence-corrected chi connectivity index (χ0v) is 12.8. The zero-order chi connectivity index (χ0) is 12.4. The minimum Gasteiger partial charge on any atom is -0.339 e. The van der Waals surface area contributed by atoms with Crippen LogP contribution in [0.15, 0.2) is 39.4 Å². The molecule has 0 saturated carbocycles. The van der Waals surface area contributed by atoms with Gasteiger partial charge in [0, 0.05) is 15.1 Å². The molecule has 0 radical (unpaired) electrons. The average Bonchev–Trinajstić information content (AvgIpc) is 2.26. The van der Waals surface area contributed by atoms with Crippen molar-refractivity contribution in [3.05, 3.63) is 50.5 Å². The minimum atomic E-state index is 0.834. The summed E-state index contributed by atoms with van der Waals surface area (Å²) in [4.78, 5) is 4.30. The lowest BCUT2D eigenvalue weighted by molar-refractivity contribution is 1.27. The van der Waals surface area contributed by atoms with Crippen LogP contribution in [0.5, 0.6) is 0 Å². The normalized spacial score (nSPS) is 10.4. The predicted octanol–water partition coefficient (Wildman–Crippen LogP) is 4.97. The molecule has 88 valence electrons. The van der Waals surface area contributed by atoms with Gasteiger partial charge in [-0.2, -0.15) is 0 Å². The molecular weight excluding hydrogens is 344 g/mol. The molecule has 0 atom stereocenters. The van der Waals surface area contributed by atoms with E-state index in [0.717, 1.165) is 20.5 Å². The highest BCUT2D eigenvalue weighted by Gasteiger charge is 2.05. The molecule has 0 bridgehead atoms. The molecule has 1 aromatic heterocycles. The van der Waals surface area contributed by atoms with Crippen molar-refractivity contribution in [3.63, 3.8) is 0 Å². The van der Waals surface area contributed by atoms with Crippen LogP contribution < -0.4 is 5.32 Å². The van der Waals surface area contributed by atoms with Crippen LogP contribution in [0.3, 0.4) is 0 Å². The molecule has 0 fully saturated rings. The van der Waals surface area contributed by atoms with Gasteiger partial charge in [-0.05, 0) is 75.0 Å². The average molecular weight is 356 g/mol. The maximum atomic E-state index is 4.30. The molecule has 0 aliphatic carbocycles. The molecule has 0 amide bonds. The van der Waals surface area contributed by atoms with Gasteiger partial charge in [0.25, 0.3) is 0 Å². The fraction of sp³-hybridized carbons (Fsp3) is 0.154. The van der Waals surface area contributed by atoms with E-state index in [1.807, 2.05) is 12.1 Å². The van der Waals surface area contributed by atoms with Gasteiger partial charge in [0.2, 0.25) is 0 Å². The van der Waals surface area contributed by atoms with Gasteiger partial charge in [-0.3, -0.25) is 0 Å². The number of nitrogens with one attached hydrogen (secondary N) is 1. The van der Waals surface area contributed by atoms with Gasteiger partial charge < -0.3 is 5.32 Å². The quantitative estimate of drug-likeness (QED) is 0.822. The molecule has 17 heavy (non-hydrogen) atoms. The summed E-state index contributed by atoms with van der Waals surface area (Å²) in [6.45, 7) is 4.17. The van der Waals surface area contributed by atoms with Gasteiger partial charge in [0.1, 0.15) is 5.82 Å². The third-order valence-electron chi connectivity index (χ3n) is 2.41. The minimum absolute atomic E-state index is 0.834. The Kier molecular flexibility index (Phi) is 3.84. The molecule has 0 aliphatic heterocycles. The molecule has 2 aromatic rings. The Balaban J connectivity index is 2.33. The van der Waals surface area contributed by atoms with Crippen molar-refractivity contribution in [1.29, 1.82) is 0 Å². The van der Waals surface area contributed by atoms with Crippen LogP contribution in [0.1, 0.15) is 11.1 Å². The first-order valence-corrected chi connectivity index (χ1v) is 6.80. The molecule has 0 saturated heterocycles. The van der Waals surface area contributed by atoms with Crippen molar-refractivity contribution < 1.29 is 0 Å². The summed E-state index contributed by atoms with van der Waals surface area (Å²) in [5.74, 6) is 0.834. The van der Waals surface area contributed by atoms with Crippen molar-refractivity contribution in [2.24, 2.45) is 0 Å². The van der Waals surface area contributed by atoms with E-state index in [1.165, 1.54) is 11.1 Å². The summed E-state index contributed by atoms with van der Waals surface area (Å²) in [6, 6.07) is 8.14. The Morgan fingerprint density at radius 1 is 1.12 bits per heavy atom. The standard InChI is InChI=1S/C13H12Br2N2/c1-8-5-9(2)13(11(15)6-8)17-12-4-3-10(14)7-16-12/h3-7H,1-2H3,(H,16,17). The van der Waals surface area contributed by atoms with Crippen LogP contribution in [-0.2, 0) is 0 Å². The van der Waals surface area contributed by atoms with Gasteiger partial charge in [0.05, 0.1) is 5.69 Å². The van der Waals surface area contributed by atoms with Crippen LogP contribution in [0.4, 0.5) is 11.5 Å². The molecule has 2 nitrogen and oxygen atoms in total. The largest absolute Gasteiger partial charge is 0.339 e. The molecular formula is C13H12Br2N2. The lowest BCUT2D eigenvalue weighted by Crippen LogP contribution is -1.97. The fourth-order valence-electron chi connectivity index (χ4n) is 1.65. The number of pyridine rings is 1. The Morgan fingerprint density at radius 2 is 1.88 bits per heavy atom. The SMILES string of the molecule is Cc1cc(C)c(Nc2ccc(Br)cn2)c(Br)c1. The van der Waals surface area contributed by atoms with E-state index in [9.17, 15) is 0 Å². The molecule has 0 unspecified atom stereocenters. The number of aromatic nitrogens is 1. The highest BCUT2D eigenvalue weighted by molar-refractivity contribution is 9.10. The molecule has 4 heteroatoms. The van der Waals surface area contributed by atoms with Gasteiger partial charge in [-0.15, -0.1) is 0 Å². The third-order valence-corrected chi connectivity index (χ3v) is 3.51. The Labute approximate surface area is 118 Å². The fourth-order valence-corrected chi connectivity index (χ4v) is 2.66. The van der Waals surface area contributed by atoms with Gasteiger partial charge >= 0.3 is 0 Å². The summed E-state index contributed by atoms with van der Waals surface area (Å²) in [5.41, 5.74) is 3.50. The zero-order valence-electron chi connectivity index (χ0n) is 9.59. The van der Waals surface area contributed by atoms with E-state index in [4.69, 9.17) is 0 Å². The second kappa shape index (κ2) is 5.19. The van der Waals surface area contributed by atoms with E-state index in [2.05, 4.69) is 68.1 Å². The van der Waals surface area contributed by atoms with E-state index in [-0.39, 0.29) is 0 Å². The highest BCUT2D eigenvalue weighted by atomic mass is 79.9. The molecule has 2 rings (SSSR count). The van der Waals surface area contributed by atoms with Crippen molar-refractivity contribution in [3.8, 4) is 0 Å². The predicted molar refractivity (Wildman–Crippen MR) is 78.8 cm³/mol. The Morgan fingerprint density at radius 3 is 2.47 bits per heavy atom. The van der Waals surface area contributed by atoms with Crippen molar-refractivity contribution in [2.45, 2.75) is 13.8 Å². The van der Waals surface area contributed by atoms with E-state index >= 15 is 0 Å². The maximum Gasteiger partial charge on any atom is 0.130 e. The number of nitrogens with zero attached hydrogens (tertiary/aromatic N) is 1. The number of anilines is 2. The second-order valence-electron chi connectivity index (χ2n) is 3.93. The smallest absolute Gasteiger partial charge is 0.130 e. The van der Waals surface area contributed by atoms with E-state index in [1.54, 1.807) is 6.20 Å². The molecule has 1 heterocycles. The summed E-state index contributed by atoms with van der Waals surface area (Å²) >= 11 is 6.94. The van der Waals surface area contributed by atoms with Gasteiger partial charge in [0.15, 0.2) is 0 Å². The first-order chi connectivity index (χ1) is 8.06. The summed E-state index contributed by atoms with van der Waals surface area (Å²) in [6.07, 6.45) is 1.78. The highest BCUT2D eigenvalue weighted by Crippen LogP contribution is 2.30. The number of hydrogen-bond acceptors (Lipinski definition) is 2. The van der Waals surface area contributed by atoms with E-state index < -0.39 is 0 Å². The van der Waals surface area contributed by atoms with Crippen molar-refractivity contribution in [1.82, 2.24) is 4.98 Å². The third kappa shape index (κ3) is 3.07. The monoisotopic (exact) mass is 354 g/mol. The van der Waals surface area contributed by atoms with Crippen LogP contribution in [0.2, 0.25) is 0 Å². The van der Waals surface area contributed by atoms with Gasteiger partial charge in [-0.1, -0.05) is 6.07 Å². The molecule has 1 N–H and O–H groups in total. The molecule has 1 aromatic carbocycles. The summed E-state index contributed by atoms with van der Waals surface area (Å²) < 4.78 is 2.03. The van der Waals surface area contributed by atoms with Gasteiger partial charge in [-0.25, -0.2) is 4.98 Å². The van der Waals surface area contributed by atoms with Crippen LogP contribution in [0.25, 0.3) is 0 Å². The number of aryl methyl sites for hydroxylation is 2. The van der Waals surface area contributed by atoms with E-state index in [0.29, 0.717) is 0 Å². The lowest BCUT2D eigenvalue weighted by atomic mass is 10.1.